The third kappa shape index (κ3) is 4.60. The molecule has 0 radical (unpaired) electrons. The summed E-state index contributed by atoms with van der Waals surface area (Å²) in [5.74, 6) is -0.558. The molecule has 32 heavy (non-hydrogen) atoms. The van der Waals surface area contributed by atoms with E-state index in [0.717, 1.165) is 28.1 Å². The first kappa shape index (κ1) is 21.5. The van der Waals surface area contributed by atoms with Crippen LogP contribution in [0.15, 0.2) is 66.3 Å². The van der Waals surface area contributed by atoms with Gasteiger partial charge in [0, 0.05) is 29.9 Å². The maximum Gasteiger partial charge on any atom is 0.273 e. The fourth-order valence-electron chi connectivity index (χ4n) is 3.33. The van der Waals surface area contributed by atoms with Gasteiger partial charge in [0.15, 0.2) is 0 Å². The number of aryl methyl sites for hydroxylation is 2. The highest BCUT2D eigenvalue weighted by molar-refractivity contribution is 7.13. The van der Waals surface area contributed by atoms with E-state index in [1.807, 2.05) is 68.6 Å². The summed E-state index contributed by atoms with van der Waals surface area (Å²) in [7, 11) is 1.60. The number of anilines is 1. The van der Waals surface area contributed by atoms with Crippen LogP contribution < -0.4 is 5.32 Å². The first-order chi connectivity index (χ1) is 15.4. The molecule has 0 saturated carbocycles. The number of aromatic nitrogens is 3. The van der Waals surface area contributed by atoms with E-state index >= 15 is 0 Å². The van der Waals surface area contributed by atoms with Crippen molar-refractivity contribution in [3.05, 3.63) is 83.1 Å². The molecule has 0 aliphatic carbocycles. The summed E-state index contributed by atoms with van der Waals surface area (Å²) in [6.07, 6.45) is 3.60. The van der Waals surface area contributed by atoms with E-state index in [-0.39, 0.29) is 18.4 Å². The van der Waals surface area contributed by atoms with E-state index in [2.05, 4.69) is 15.4 Å². The predicted molar refractivity (Wildman–Crippen MR) is 126 cm³/mol. The van der Waals surface area contributed by atoms with Crippen LogP contribution in [0.2, 0.25) is 0 Å². The SMILES string of the molecule is Cc1cccc(C)c1NC(=O)CN(C)C(=O)c1csc(-c2cnn(-c3ccccc3)c2)n1. The third-order valence-electron chi connectivity index (χ3n) is 5.05. The summed E-state index contributed by atoms with van der Waals surface area (Å²) in [4.78, 5) is 31.1. The lowest BCUT2D eigenvalue weighted by atomic mass is 10.1. The molecule has 0 atom stereocenters. The first-order valence-electron chi connectivity index (χ1n) is 10.1. The van der Waals surface area contributed by atoms with Gasteiger partial charge in [-0.05, 0) is 37.1 Å². The van der Waals surface area contributed by atoms with Crippen molar-refractivity contribution < 1.29 is 9.59 Å². The van der Waals surface area contributed by atoms with Gasteiger partial charge in [0.1, 0.15) is 10.7 Å². The normalized spacial score (nSPS) is 10.7. The van der Waals surface area contributed by atoms with Crippen LogP contribution in [0, 0.1) is 13.8 Å². The molecule has 0 fully saturated rings. The molecule has 0 bridgehead atoms. The van der Waals surface area contributed by atoms with Crippen molar-refractivity contribution in [1.29, 1.82) is 0 Å². The Morgan fingerprint density at radius 2 is 1.78 bits per heavy atom. The van der Waals surface area contributed by atoms with Gasteiger partial charge < -0.3 is 10.2 Å². The van der Waals surface area contributed by atoms with E-state index in [0.29, 0.717) is 10.7 Å². The van der Waals surface area contributed by atoms with Crippen LogP contribution in [-0.4, -0.2) is 45.1 Å². The summed E-state index contributed by atoms with van der Waals surface area (Å²) in [5.41, 5.74) is 4.82. The van der Waals surface area contributed by atoms with Gasteiger partial charge in [-0.3, -0.25) is 9.59 Å². The predicted octanol–water partition coefficient (Wildman–Crippen LogP) is 4.32. The number of nitrogens with one attached hydrogen (secondary N) is 1. The number of hydrogen-bond donors (Lipinski definition) is 1. The average Bonchev–Trinajstić information content (AvgIpc) is 3.46. The Bertz CT molecular complexity index is 1240. The average molecular weight is 446 g/mol. The molecule has 4 rings (SSSR count). The maximum absolute atomic E-state index is 12.8. The van der Waals surface area contributed by atoms with E-state index in [9.17, 15) is 9.59 Å². The van der Waals surface area contributed by atoms with Crippen LogP contribution in [0.3, 0.4) is 0 Å². The van der Waals surface area contributed by atoms with E-state index < -0.39 is 0 Å². The Kier molecular flexibility index (Phi) is 6.13. The van der Waals surface area contributed by atoms with Crippen LogP contribution in [0.1, 0.15) is 21.6 Å². The monoisotopic (exact) mass is 445 g/mol. The molecule has 1 N–H and O–H groups in total. The number of carbonyl (C=O) groups excluding carboxylic acids is 2. The summed E-state index contributed by atoms with van der Waals surface area (Å²) >= 11 is 1.37. The van der Waals surface area contributed by atoms with E-state index in [4.69, 9.17) is 0 Å². The second-order valence-electron chi connectivity index (χ2n) is 7.52. The molecule has 0 unspecified atom stereocenters. The van der Waals surface area contributed by atoms with Gasteiger partial charge in [0.05, 0.1) is 18.4 Å². The van der Waals surface area contributed by atoms with Gasteiger partial charge >= 0.3 is 0 Å². The molecule has 7 nitrogen and oxygen atoms in total. The van der Waals surface area contributed by atoms with Gasteiger partial charge in [0.2, 0.25) is 5.91 Å². The minimum atomic E-state index is -0.306. The Labute approximate surface area is 190 Å². The van der Waals surface area contributed by atoms with Gasteiger partial charge in [-0.25, -0.2) is 9.67 Å². The number of rotatable bonds is 6. The Morgan fingerprint density at radius 1 is 1.06 bits per heavy atom. The van der Waals surface area contributed by atoms with E-state index in [1.54, 1.807) is 23.3 Å². The smallest absolute Gasteiger partial charge is 0.273 e. The summed E-state index contributed by atoms with van der Waals surface area (Å²) in [5, 5.41) is 9.69. The van der Waals surface area contributed by atoms with Crippen molar-refractivity contribution in [2.75, 3.05) is 18.9 Å². The number of nitrogens with zero attached hydrogens (tertiary/aromatic N) is 4. The Morgan fingerprint density at radius 3 is 2.50 bits per heavy atom. The molecule has 0 aliphatic rings. The third-order valence-corrected chi connectivity index (χ3v) is 5.94. The second kappa shape index (κ2) is 9.15. The zero-order chi connectivity index (χ0) is 22.7. The molecular formula is C24H23N5O2S. The fourth-order valence-corrected chi connectivity index (χ4v) is 4.10. The second-order valence-corrected chi connectivity index (χ2v) is 8.38. The Hall–Kier alpha value is -3.78. The molecule has 2 aromatic carbocycles. The summed E-state index contributed by atoms with van der Waals surface area (Å²) in [6, 6.07) is 15.6. The van der Waals surface area contributed by atoms with Crippen molar-refractivity contribution in [1.82, 2.24) is 19.7 Å². The fraction of sp³-hybridized carbons (Fsp3) is 0.167. The minimum absolute atomic E-state index is 0.0641. The van der Waals surface area contributed by atoms with Crippen LogP contribution in [-0.2, 0) is 4.79 Å². The lowest BCUT2D eigenvalue weighted by Gasteiger charge is -2.17. The lowest BCUT2D eigenvalue weighted by Crippen LogP contribution is -2.35. The van der Waals surface area contributed by atoms with Crippen molar-refractivity contribution in [3.8, 4) is 16.3 Å². The van der Waals surface area contributed by atoms with Gasteiger partial charge in [-0.1, -0.05) is 36.4 Å². The van der Waals surface area contributed by atoms with Crippen molar-refractivity contribution in [3.63, 3.8) is 0 Å². The van der Waals surface area contributed by atoms with Gasteiger partial charge in [-0.2, -0.15) is 5.10 Å². The van der Waals surface area contributed by atoms with E-state index in [1.165, 1.54) is 16.2 Å². The first-order valence-corrected chi connectivity index (χ1v) is 11.0. The number of carbonyl (C=O) groups is 2. The number of amides is 2. The highest BCUT2D eigenvalue weighted by Crippen LogP contribution is 2.25. The number of hydrogen-bond acceptors (Lipinski definition) is 5. The van der Waals surface area contributed by atoms with Gasteiger partial charge in [-0.15, -0.1) is 11.3 Å². The highest BCUT2D eigenvalue weighted by atomic mass is 32.1. The van der Waals surface area contributed by atoms with Crippen molar-refractivity contribution in [2.45, 2.75) is 13.8 Å². The topological polar surface area (TPSA) is 80.1 Å². The summed E-state index contributed by atoms with van der Waals surface area (Å²) in [6.45, 7) is 3.81. The summed E-state index contributed by atoms with van der Waals surface area (Å²) < 4.78 is 1.77. The van der Waals surface area contributed by atoms with Crippen LogP contribution in [0.5, 0.6) is 0 Å². The lowest BCUT2D eigenvalue weighted by molar-refractivity contribution is -0.116. The van der Waals surface area contributed by atoms with Crippen molar-refractivity contribution >= 4 is 28.8 Å². The largest absolute Gasteiger partial charge is 0.331 e. The molecule has 2 aromatic heterocycles. The molecule has 0 saturated heterocycles. The van der Waals surface area contributed by atoms with Crippen LogP contribution in [0.25, 0.3) is 16.3 Å². The molecule has 8 heteroatoms. The number of likely N-dealkylation sites (N-methyl/N-ethyl adjacent to an activating group) is 1. The standard InChI is InChI=1S/C24H23N5O2S/c1-16-8-7-9-17(2)22(16)27-21(30)14-28(3)24(31)20-15-32-23(26-20)18-12-25-29(13-18)19-10-5-4-6-11-19/h4-13,15H,14H2,1-3H3,(H,27,30). The zero-order valence-electron chi connectivity index (χ0n) is 18.1. The number of para-hydroxylation sites is 2. The Balaban J connectivity index is 1.42. The number of benzene rings is 2. The molecule has 2 heterocycles. The van der Waals surface area contributed by atoms with Crippen LogP contribution in [0.4, 0.5) is 5.69 Å². The molecule has 4 aromatic rings. The quantitative estimate of drug-likeness (QED) is 0.479. The number of thiazole rings is 1. The molecule has 0 aliphatic heterocycles. The molecular weight excluding hydrogens is 422 g/mol. The molecule has 162 valence electrons. The van der Waals surface area contributed by atoms with Crippen molar-refractivity contribution in [2.24, 2.45) is 0 Å². The maximum atomic E-state index is 12.8. The molecule has 2 amide bonds. The zero-order valence-corrected chi connectivity index (χ0v) is 18.9. The molecule has 0 spiro atoms. The minimum Gasteiger partial charge on any atom is -0.331 e. The van der Waals surface area contributed by atoms with Crippen LogP contribution >= 0.6 is 11.3 Å². The van der Waals surface area contributed by atoms with Gasteiger partial charge in [0.25, 0.3) is 5.91 Å². The highest BCUT2D eigenvalue weighted by Gasteiger charge is 2.19.